The maximum atomic E-state index is 15.2. The van der Waals surface area contributed by atoms with E-state index in [2.05, 4.69) is 5.10 Å². The van der Waals surface area contributed by atoms with Gasteiger partial charge in [-0.3, -0.25) is 9.48 Å². The first-order valence-corrected chi connectivity index (χ1v) is 11.0. The van der Waals surface area contributed by atoms with E-state index in [0.717, 1.165) is 4.90 Å². The second-order valence-electron chi connectivity index (χ2n) is 8.33. The number of amides is 2. The van der Waals surface area contributed by atoms with Crippen LogP contribution in [-0.4, -0.2) is 56.8 Å². The highest BCUT2D eigenvalue weighted by molar-refractivity contribution is 6.42. The lowest BCUT2D eigenvalue weighted by Crippen LogP contribution is -2.36. The Labute approximate surface area is 193 Å². The Balaban J connectivity index is 1.61. The average molecular weight is 487 g/mol. The Morgan fingerprint density at radius 3 is 2.75 bits per heavy atom. The number of carbonyl (C=O) groups excluding carboxylic acids is 1. The predicted octanol–water partition coefficient (Wildman–Crippen LogP) is 4.50. The molecule has 1 aromatic heterocycles. The number of aromatic nitrogens is 2. The van der Waals surface area contributed by atoms with Crippen LogP contribution in [0.5, 0.6) is 0 Å². The van der Waals surface area contributed by atoms with Gasteiger partial charge in [0.2, 0.25) is 0 Å². The van der Waals surface area contributed by atoms with Gasteiger partial charge in [-0.25, -0.2) is 4.79 Å². The molecule has 172 valence electrons. The van der Waals surface area contributed by atoms with E-state index >= 15 is 8.78 Å². The summed E-state index contributed by atoms with van der Waals surface area (Å²) in [6.07, 6.45) is -0.964. The normalized spacial score (nSPS) is 19.7. The Morgan fingerprint density at radius 1 is 1.31 bits per heavy atom. The zero-order valence-electron chi connectivity index (χ0n) is 17.3. The van der Waals surface area contributed by atoms with Gasteiger partial charge in [0.05, 0.1) is 15.7 Å². The molecule has 4 rings (SSSR count). The Morgan fingerprint density at radius 2 is 2.06 bits per heavy atom. The lowest BCUT2D eigenvalue weighted by molar-refractivity contribution is -0.0222. The lowest BCUT2D eigenvalue weighted by atomic mass is 9.97. The Bertz CT molecular complexity index is 1080. The van der Waals surface area contributed by atoms with Crippen molar-refractivity contribution < 1.29 is 23.5 Å². The predicted molar refractivity (Wildman–Crippen MR) is 114 cm³/mol. The molecule has 7 nitrogen and oxygen atoms in total. The van der Waals surface area contributed by atoms with Crippen molar-refractivity contribution in [3.8, 4) is 0 Å². The number of rotatable bonds is 3. The fourth-order valence-electron chi connectivity index (χ4n) is 4.41. The van der Waals surface area contributed by atoms with E-state index < -0.39 is 18.4 Å². The second kappa shape index (κ2) is 8.51. The second-order valence-corrected chi connectivity index (χ2v) is 9.15. The summed E-state index contributed by atoms with van der Waals surface area (Å²) in [5.74, 6) is -3.71. The molecule has 11 heteroatoms. The van der Waals surface area contributed by atoms with Crippen molar-refractivity contribution in [2.24, 2.45) is 5.92 Å². The van der Waals surface area contributed by atoms with Crippen molar-refractivity contribution in [1.82, 2.24) is 19.6 Å². The van der Waals surface area contributed by atoms with Crippen LogP contribution in [0, 0.1) is 5.92 Å². The molecule has 1 N–H and O–H groups in total. The largest absolute Gasteiger partial charge is 0.465 e. The number of nitrogens with zero attached hydrogens (tertiary/aromatic N) is 4. The van der Waals surface area contributed by atoms with Crippen LogP contribution in [0.15, 0.2) is 18.2 Å². The molecule has 2 amide bonds. The minimum atomic E-state index is -3.12. The van der Waals surface area contributed by atoms with Crippen LogP contribution in [0.3, 0.4) is 0 Å². The number of alkyl halides is 2. The maximum absolute atomic E-state index is 15.2. The minimum Gasteiger partial charge on any atom is -0.465 e. The number of fused-ring (bicyclic) bond motifs is 3. The van der Waals surface area contributed by atoms with Gasteiger partial charge in [-0.15, -0.1) is 0 Å². The Hall–Kier alpha value is -2.39. The molecule has 0 bridgehead atoms. The monoisotopic (exact) mass is 486 g/mol. The molecular weight excluding hydrogens is 465 g/mol. The lowest BCUT2D eigenvalue weighted by Gasteiger charge is -2.28. The zero-order chi connectivity index (χ0) is 23.2. The van der Waals surface area contributed by atoms with Gasteiger partial charge in [-0.05, 0) is 30.5 Å². The number of hydrogen-bond donors (Lipinski definition) is 1. The van der Waals surface area contributed by atoms with Crippen molar-refractivity contribution in [1.29, 1.82) is 0 Å². The van der Waals surface area contributed by atoms with E-state index in [1.54, 1.807) is 6.07 Å². The number of carbonyl (C=O) groups is 2. The average Bonchev–Trinajstić information content (AvgIpc) is 3.05. The topological polar surface area (TPSA) is 78.7 Å². The molecule has 2 aromatic rings. The molecule has 0 fully saturated rings. The van der Waals surface area contributed by atoms with Crippen LogP contribution in [0.1, 0.15) is 40.2 Å². The van der Waals surface area contributed by atoms with Crippen molar-refractivity contribution in [3.05, 3.63) is 50.8 Å². The quantitative estimate of drug-likeness (QED) is 0.692. The fraction of sp³-hybridized carbons (Fsp3) is 0.476. The first kappa shape index (κ1) is 22.8. The van der Waals surface area contributed by atoms with Crippen molar-refractivity contribution in [2.75, 3.05) is 20.1 Å². The van der Waals surface area contributed by atoms with Crippen LogP contribution in [0.4, 0.5) is 13.6 Å². The van der Waals surface area contributed by atoms with Gasteiger partial charge in [0.1, 0.15) is 5.69 Å². The van der Waals surface area contributed by atoms with Crippen LogP contribution < -0.4 is 0 Å². The molecule has 0 radical (unpaired) electrons. The number of benzene rings is 1. The highest BCUT2D eigenvalue weighted by Gasteiger charge is 2.44. The number of halogens is 4. The molecule has 2 aliphatic heterocycles. The van der Waals surface area contributed by atoms with E-state index in [0.29, 0.717) is 34.8 Å². The fourth-order valence-corrected chi connectivity index (χ4v) is 4.71. The summed E-state index contributed by atoms with van der Waals surface area (Å²) >= 11 is 11.9. The molecule has 1 aromatic carbocycles. The first-order valence-electron chi connectivity index (χ1n) is 10.2. The highest BCUT2D eigenvalue weighted by atomic mass is 35.5. The molecule has 0 aliphatic carbocycles. The van der Waals surface area contributed by atoms with E-state index in [-0.39, 0.29) is 48.6 Å². The zero-order valence-corrected chi connectivity index (χ0v) is 18.8. The van der Waals surface area contributed by atoms with Gasteiger partial charge in [-0.2, -0.15) is 13.9 Å². The van der Waals surface area contributed by atoms with Gasteiger partial charge >= 0.3 is 6.09 Å². The maximum Gasteiger partial charge on any atom is 0.407 e. The Kier molecular flexibility index (Phi) is 6.06. The summed E-state index contributed by atoms with van der Waals surface area (Å²) in [6.45, 7) is 0.728. The third-order valence-corrected chi connectivity index (χ3v) is 6.80. The minimum absolute atomic E-state index is 0.0268. The highest BCUT2D eigenvalue weighted by Crippen LogP contribution is 2.42. The van der Waals surface area contributed by atoms with E-state index in [1.165, 1.54) is 28.8 Å². The molecule has 1 unspecified atom stereocenters. The summed E-state index contributed by atoms with van der Waals surface area (Å²) < 4.78 is 31.7. The van der Waals surface area contributed by atoms with Crippen molar-refractivity contribution in [2.45, 2.75) is 38.3 Å². The number of hydrogen-bond acceptors (Lipinski definition) is 3. The summed E-state index contributed by atoms with van der Waals surface area (Å²) in [5, 5.41) is 14.1. The van der Waals surface area contributed by atoms with Crippen molar-refractivity contribution >= 4 is 35.2 Å². The first-order chi connectivity index (χ1) is 15.1. The van der Waals surface area contributed by atoms with Gasteiger partial charge < -0.3 is 14.9 Å². The summed E-state index contributed by atoms with van der Waals surface area (Å²) in [5.41, 5.74) is 1.11. The van der Waals surface area contributed by atoms with Gasteiger partial charge in [0.15, 0.2) is 0 Å². The van der Waals surface area contributed by atoms with Crippen molar-refractivity contribution in [3.63, 3.8) is 0 Å². The number of carboxylic acid groups (broad SMARTS) is 1. The summed E-state index contributed by atoms with van der Waals surface area (Å²) in [4.78, 5) is 26.7. The van der Waals surface area contributed by atoms with Gasteiger partial charge in [-0.1, -0.05) is 23.2 Å². The molecular formula is C21H22Cl2F2N4O3. The molecule has 2 aliphatic rings. The molecule has 0 spiro atoms. The molecule has 32 heavy (non-hydrogen) atoms. The third-order valence-electron chi connectivity index (χ3n) is 6.06. The molecule has 3 heterocycles. The van der Waals surface area contributed by atoms with Gasteiger partial charge in [0, 0.05) is 57.2 Å². The SMILES string of the molecule is CN(CC1CCC(F)(F)c2c3c(nn2C1)CCN(C(=O)c1ccc(Cl)c(Cl)c1)C3)C(=O)O. The van der Waals surface area contributed by atoms with Crippen LogP contribution in [0.2, 0.25) is 10.0 Å². The summed E-state index contributed by atoms with van der Waals surface area (Å²) in [6, 6.07) is 4.56. The molecule has 1 atom stereocenters. The van der Waals surface area contributed by atoms with Crippen LogP contribution in [0.25, 0.3) is 0 Å². The van der Waals surface area contributed by atoms with Crippen LogP contribution in [-0.2, 0) is 25.4 Å². The smallest absolute Gasteiger partial charge is 0.407 e. The molecule has 0 saturated carbocycles. The van der Waals surface area contributed by atoms with Crippen LogP contribution >= 0.6 is 23.2 Å². The van der Waals surface area contributed by atoms with E-state index in [1.807, 2.05) is 0 Å². The third kappa shape index (κ3) is 4.28. The van der Waals surface area contributed by atoms with Gasteiger partial charge in [0.25, 0.3) is 11.8 Å². The van der Waals surface area contributed by atoms with E-state index in [4.69, 9.17) is 28.3 Å². The van der Waals surface area contributed by atoms with E-state index in [9.17, 15) is 9.59 Å². The standard InChI is InChI=1S/C21H22Cl2F2N4O3/c1-27(20(31)32)9-12-4-6-21(24,25)18-14-11-28(7-5-17(14)26-29(18)10-12)19(30)13-2-3-15(22)16(23)8-13/h2-3,8,12H,4-7,9-11H2,1H3,(H,31,32). The molecule has 0 saturated heterocycles. The summed E-state index contributed by atoms with van der Waals surface area (Å²) in [7, 11) is 1.42.